The number of benzene rings is 1. The molecule has 0 saturated heterocycles. The lowest BCUT2D eigenvalue weighted by Gasteiger charge is -2.05. The third kappa shape index (κ3) is 4.36. The molecular weight excluding hydrogens is 318 g/mol. The number of ether oxygens (including phenoxy) is 1. The van der Waals surface area contributed by atoms with Crippen LogP contribution in [0.15, 0.2) is 40.8 Å². The fourth-order valence-corrected chi connectivity index (χ4v) is 2.58. The number of methoxy groups -OCH3 is 1. The van der Waals surface area contributed by atoms with Crippen molar-refractivity contribution >= 4 is 28.6 Å². The molecule has 1 aromatic carbocycles. The van der Waals surface area contributed by atoms with Crippen LogP contribution in [0.25, 0.3) is 0 Å². The number of thiophene rings is 1. The molecule has 120 valence electrons. The molecule has 0 aliphatic heterocycles. The predicted molar refractivity (Wildman–Crippen MR) is 88.0 cm³/mol. The fourth-order valence-electron chi connectivity index (χ4n) is 1.88. The van der Waals surface area contributed by atoms with Crippen LogP contribution in [-0.2, 0) is 11.2 Å². The highest BCUT2D eigenvalue weighted by Crippen LogP contribution is 2.27. The van der Waals surface area contributed by atoms with E-state index < -0.39 is 4.92 Å². The molecule has 0 aliphatic rings. The molecule has 2 aromatic rings. The van der Waals surface area contributed by atoms with E-state index in [1.807, 2.05) is 17.5 Å². The van der Waals surface area contributed by atoms with Crippen LogP contribution in [0, 0.1) is 10.1 Å². The Hall–Kier alpha value is -2.74. The van der Waals surface area contributed by atoms with Crippen molar-refractivity contribution in [2.24, 2.45) is 5.10 Å². The summed E-state index contributed by atoms with van der Waals surface area (Å²) >= 11 is 1.49. The zero-order valence-corrected chi connectivity index (χ0v) is 13.4. The standard InChI is InChI=1S/C15H15N3O4S/c1-10(16-17-15(19)9-12-4-3-7-23-12)11-5-6-14(22-2)13(8-11)18(20)21/h3-8H,9H2,1-2H3,(H,17,19)/b16-10+. The second-order valence-corrected chi connectivity index (χ2v) is 5.66. The van der Waals surface area contributed by atoms with E-state index in [0.717, 1.165) is 4.88 Å². The average molecular weight is 333 g/mol. The highest BCUT2D eigenvalue weighted by atomic mass is 32.1. The average Bonchev–Trinajstić information content (AvgIpc) is 3.04. The monoisotopic (exact) mass is 333 g/mol. The first-order chi connectivity index (χ1) is 11.0. The summed E-state index contributed by atoms with van der Waals surface area (Å²) in [5.74, 6) is -0.0666. The second kappa shape index (κ2) is 7.50. The molecule has 8 heteroatoms. The van der Waals surface area contributed by atoms with Gasteiger partial charge in [-0.3, -0.25) is 14.9 Å². The Morgan fingerprint density at radius 1 is 1.43 bits per heavy atom. The van der Waals surface area contributed by atoms with Gasteiger partial charge < -0.3 is 4.74 Å². The number of hydrogen-bond acceptors (Lipinski definition) is 6. The Kier molecular flexibility index (Phi) is 5.42. The van der Waals surface area contributed by atoms with Crippen molar-refractivity contribution < 1.29 is 14.5 Å². The Morgan fingerprint density at radius 3 is 2.83 bits per heavy atom. The molecule has 1 N–H and O–H groups in total. The Morgan fingerprint density at radius 2 is 2.22 bits per heavy atom. The predicted octanol–water partition coefficient (Wildman–Crippen LogP) is 2.75. The van der Waals surface area contributed by atoms with E-state index in [1.165, 1.54) is 30.6 Å². The molecule has 1 aromatic heterocycles. The Bertz CT molecular complexity index is 741. The van der Waals surface area contributed by atoms with Crippen LogP contribution in [0.5, 0.6) is 5.75 Å². The molecule has 7 nitrogen and oxygen atoms in total. The van der Waals surface area contributed by atoms with E-state index in [1.54, 1.807) is 13.0 Å². The second-order valence-electron chi connectivity index (χ2n) is 4.63. The summed E-state index contributed by atoms with van der Waals surface area (Å²) in [7, 11) is 1.37. The number of amides is 1. The molecule has 0 saturated carbocycles. The lowest BCUT2D eigenvalue weighted by atomic mass is 10.1. The van der Waals surface area contributed by atoms with Crippen LogP contribution in [0.3, 0.4) is 0 Å². The van der Waals surface area contributed by atoms with E-state index in [9.17, 15) is 14.9 Å². The number of nitro benzene ring substituents is 1. The SMILES string of the molecule is COc1ccc(/C(C)=N/NC(=O)Cc2cccs2)cc1[N+](=O)[O-]. The summed E-state index contributed by atoms with van der Waals surface area (Å²) in [6.07, 6.45) is 0.247. The minimum atomic E-state index is -0.523. The van der Waals surface area contributed by atoms with Crippen LogP contribution in [0.2, 0.25) is 0 Å². The van der Waals surface area contributed by atoms with Gasteiger partial charge in [-0.05, 0) is 30.5 Å². The van der Waals surface area contributed by atoms with Crippen molar-refractivity contribution in [3.63, 3.8) is 0 Å². The smallest absolute Gasteiger partial charge is 0.311 e. The van der Waals surface area contributed by atoms with E-state index in [0.29, 0.717) is 11.3 Å². The van der Waals surface area contributed by atoms with Gasteiger partial charge in [-0.1, -0.05) is 6.07 Å². The number of nitrogens with zero attached hydrogens (tertiary/aromatic N) is 2. The maximum absolute atomic E-state index is 11.8. The van der Waals surface area contributed by atoms with E-state index >= 15 is 0 Å². The highest BCUT2D eigenvalue weighted by molar-refractivity contribution is 7.10. The zero-order chi connectivity index (χ0) is 16.8. The first-order valence-corrected chi connectivity index (χ1v) is 7.57. The molecule has 1 heterocycles. The maximum Gasteiger partial charge on any atom is 0.311 e. The number of carbonyl (C=O) groups is 1. The van der Waals surface area contributed by atoms with Crippen LogP contribution in [0.4, 0.5) is 5.69 Å². The molecule has 1 amide bonds. The third-order valence-corrected chi connectivity index (χ3v) is 3.93. The lowest BCUT2D eigenvalue weighted by molar-refractivity contribution is -0.385. The summed E-state index contributed by atoms with van der Waals surface area (Å²) in [5.41, 5.74) is 3.31. The molecule has 0 bridgehead atoms. The molecule has 0 atom stereocenters. The van der Waals surface area contributed by atoms with Crippen molar-refractivity contribution in [1.29, 1.82) is 0 Å². The van der Waals surface area contributed by atoms with Gasteiger partial charge in [0.05, 0.1) is 24.2 Å². The van der Waals surface area contributed by atoms with Crippen LogP contribution in [-0.4, -0.2) is 23.7 Å². The van der Waals surface area contributed by atoms with Crippen molar-refractivity contribution in [1.82, 2.24) is 5.43 Å². The first kappa shape index (κ1) is 16.6. The van der Waals surface area contributed by atoms with E-state index in [-0.39, 0.29) is 23.8 Å². The van der Waals surface area contributed by atoms with Gasteiger partial charge in [0.15, 0.2) is 5.75 Å². The summed E-state index contributed by atoms with van der Waals surface area (Å²) in [6, 6.07) is 8.26. The molecule has 0 spiro atoms. The number of hydrogen-bond donors (Lipinski definition) is 1. The van der Waals surface area contributed by atoms with Gasteiger partial charge in [0, 0.05) is 16.5 Å². The first-order valence-electron chi connectivity index (χ1n) is 6.69. The van der Waals surface area contributed by atoms with E-state index in [4.69, 9.17) is 4.74 Å². The van der Waals surface area contributed by atoms with Gasteiger partial charge >= 0.3 is 5.69 Å². The van der Waals surface area contributed by atoms with E-state index in [2.05, 4.69) is 10.5 Å². The Labute approximate surface area is 136 Å². The summed E-state index contributed by atoms with van der Waals surface area (Å²) < 4.78 is 4.95. The van der Waals surface area contributed by atoms with Gasteiger partial charge in [0.2, 0.25) is 5.91 Å². The van der Waals surface area contributed by atoms with Crippen molar-refractivity contribution in [2.75, 3.05) is 7.11 Å². The van der Waals surface area contributed by atoms with Gasteiger partial charge in [-0.15, -0.1) is 11.3 Å². The fraction of sp³-hybridized carbons (Fsp3) is 0.200. The van der Waals surface area contributed by atoms with Crippen LogP contribution >= 0.6 is 11.3 Å². The number of rotatable bonds is 6. The Balaban J connectivity index is 2.10. The van der Waals surface area contributed by atoms with Crippen molar-refractivity contribution in [3.05, 3.63) is 56.3 Å². The summed E-state index contributed by atoms with van der Waals surface area (Å²) in [4.78, 5) is 23.2. The number of hydrazone groups is 1. The summed E-state index contributed by atoms with van der Waals surface area (Å²) in [6.45, 7) is 1.66. The maximum atomic E-state index is 11.8. The normalized spacial score (nSPS) is 11.1. The topological polar surface area (TPSA) is 93.8 Å². The number of nitro groups is 1. The largest absolute Gasteiger partial charge is 0.490 e. The van der Waals surface area contributed by atoms with Gasteiger partial charge in [0.25, 0.3) is 0 Å². The lowest BCUT2D eigenvalue weighted by Crippen LogP contribution is -2.20. The number of nitrogens with one attached hydrogen (secondary N) is 1. The van der Waals surface area contributed by atoms with Gasteiger partial charge in [-0.25, -0.2) is 5.43 Å². The molecule has 0 aliphatic carbocycles. The molecule has 2 rings (SSSR count). The van der Waals surface area contributed by atoms with Crippen LogP contribution < -0.4 is 10.2 Å². The molecule has 0 radical (unpaired) electrons. The minimum Gasteiger partial charge on any atom is -0.490 e. The molecule has 0 fully saturated rings. The molecule has 0 unspecified atom stereocenters. The minimum absolute atomic E-state index is 0.149. The third-order valence-electron chi connectivity index (χ3n) is 3.06. The quantitative estimate of drug-likeness (QED) is 0.499. The van der Waals surface area contributed by atoms with Gasteiger partial charge in [0.1, 0.15) is 0 Å². The number of carbonyl (C=O) groups excluding carboxylic acids is 1. The zero-order valence-electron chi connectivity index (χ0n) is 12.6. The van der Waals surface area contributed by atoms with Crippen molar-refractivity contribution in [3.8, 4) is 5.75 Å². The molecular formula is C15H15N3O4S. The van der Waals surface area contributed by atoms with Gasteiger partial charge in [-0.2, -0.15) is 5.10 Å². The summed E-state index contributed by atoms with van der Waals surface area (Å²) in [5, 5.41) is 16.9. The van der Waals surface area contributed by atoms with Crippen molar-refractivity contribution in [2.45, 2.75) is 13.3 Å². The molecule has 23 heavy (non-hydrogen) atoms. The van der Waals surface area contributed by atoms with Crippen LogP contribution in [0.1, 0.15) is 17.4 Å². The highest BCUT2D eigenvalue weighted by Gasteiger charge is 2.16.